The lowest BCUT2D eigenvalue weighted by Crippen LogP contribution is -2.32. The van der Waals surface area contributed by atoms with Crippen LogP contribution in [0.5, 0.6) is 5.75 Å². The Morgan fingerprint density at radius 1 is 0.906 bits per heavy atom. The molecule has 0 radical (unpaired) electrons. The fourth-order valence-electron chi connectivity index (χ4n) is 2.97. The van der Waals surface area contributed by atoms with Gasteiger partial charge in [0.15, 0.2) is 0 Å². The van der Waals surface area contributed by atoms with Crippen LogP contribution in [0.3, 0.4) is 0 Å². The largest absolute Gasteiger partial charge is 0.427 e. The number of ether oxygens (including phenoxy) is 1. The molecular weight excluding hydrogens is 406 g/mol. The number of nitrogens with zero attached hydrogens (tertiary/aromatic N) is 1. The lowest BCUT2D eigenvalue weighted by atomic mass is 10.0. The van der Waals surface area contributed by atoms with Gasteiger partial charge in [-0.25, -0.2) is 5.43 Å². The molecule has 0 saturated carbocycles. The molecular formula is C25H23N3O4. The maximum Gasteiger partial charge on any atom is 0.308 e. The van der Waals surface area contributed by atoms with E-state index in [1.165, 1.54) is 13.1 Å². The number of hydrazone groups is 1. The Morgan fingerprint density at radius 3 is 2.16 bits per heavy atom. The third-order valence-corrected chi connectivity index (χ3v) is 4.48. The monoisotopic (exact) mass is 429 g/mol. The third kappa shape index (κ3) is 6.91. The number of hydrogen-bond donors (Lipinski definition) is 2. The van der Waals surface area contributed by atoms with Crippen LogP contribution in [-0.2, 0) is 9.59 Å². The van der Waals surface area contributed by atoms with Crippen LogP contribution in [0.25, 0.3) is 0 Å². The van der Waals surface area contributed by atoms with E-state index in [-0.39, 0.29) is 18.2 Å². The Hall–Kier alpha value is -4.26. The van der Waals surface area contributed by atoms with Crippen LogP contribution in [0.15, 0.2) is 90.0 Å². The first-order valence-corrected chi connectivity index (χ1v) is 10.0. The maximum atomic E-state index is 12.6. The van der Waals surface area contributed by atoms with Crippen LogP contribution in [0.2, 0.25) is 0 Å². The number of carbonyl (C=O) groups is 3. The van der Waals surface area contributed by atoms with Crippen LogP contribution >= 0.6 is 0 Å². The fourth-order valence-corrected chi connectivity index (χ4v) is 2.97. The molecule has 3 aromatic carbocycles. The number of carbonyl (C=O) groups excluding carboxylic acids is 3. The van der Waals surface area contributed by atoms with Gasteiger partial charge in [-0.2, -0.15) is 5.10 Å². The number of esters is 1. The highest BCUT2D eigenvalue weighted by molar-refractivity contribution is 5.94. The first kappa shape index (κ1) is 22.4. The number of rotatable bonds is 8. The molecule has 0 spiro atoms. The van der Waals surface area contributed by atoms with Gasteiger partial charge in [-0.1, -0.05) is 48.5 Å². The zero-order chi connectivity index (χ0) is 22.8. The molecule has 0 heterocycles. The van der Waals surface area contributed by atoms with Gasteiger partial charge in [0.2, 0.25) is 5.91 Å². The highest BCUT2D eigenvalue weighted by atomic mass is 16.5. The van der Waals surface area contributed by atoms with Gasteiger partial charge in [0.25, 0.3) is 5.91 Å². The van der Waals surface area contributed by atoms with Crippen LogP contribution in [0.4, 0.5) is 0 Å². The first-order chi connectivity index (χ1) is 15.5. The molecule has 0 aliphatic heterocycles. The minimum atomic E-state index is -0.512. The predicted molar refractivity (Wildman–Crippen MR) is 121 cm³/mol. The van der Waals surface area contributed by atoms with Gasteiger partial charge in [0.05, 0.1) is 18.7 Å². The highest BCUT2D eigenvalue weighted by Gasteiger charge is 2.19. The molecule has 162 valence electrons. The van der Waals surface area contributed by atoms with E-state index in [1.54, 1.807) is 48.5 Å². The molecule has 32 heavy (non-hydrogen) atoms. The van der Waals surface area contributed by atoms with Gasteiger partial charge in [0.1, 0.15) is 5.75 Å². The van der Waals surface area contributed by atoms with Gasteiger partial charge >= 0.3 is 5.97 Å². The molecule has 3 rings (SSSR count). The standard InChI is InChI=1S/C25H23N3O4/c1-18(29)32-22-14-12-19(13-15-22)17-26-28-24(30)16-23(20-8-4-2-5-9-20)27-25(31)21-10-6-3-7-11-21/h2-15,17,23H,16H2,1H3,(H,27,31)(H,28,30)/b26-17-/t23-/m1/s1. The van der Waals surface area contributed by atoms with Crippen molar-refractivity contribution in [2.45, 2.75) is 19.4 Å². The molecule has 3 aromatic rings. The zero-order valence-electron chi connectivity index (χ0n) is 17.5. The normalized spacial score (nSPS) is 11.5. The van der Waals surface area contributed by atoms with Crippen molar-refractivity contribution in [2.75, 3.05) is 0 Å². The van der Waals surface area contributed by atoms with E-state index in [4.69, 9.17) is 4.74 Å². The molecule has 0 saturated heterocycles. The molecule has 0 aromatic heterocycles. The average molecular weight is 429 g/mol. The Kier molecular flexibility index (Phi) is 7.86. The molecule has 0 aliphatic rings. The molecule has 0 bridgehead atoms. The Labute approximate surface area is 186 Å². The van der Waals surface area contributed by atoms with Gasteiger partial charge in [-0.05, 0) is 47.5 Å². The van der Waals surface area contributed by atoms with Gasteiger partial charge in [0, 0.05) is 12.5 Å². The van der Waals surface area contributed by atoms with Gasteiger partial charge in [-0.15, -0.1) is 0 Å². The van der Waals surface area contributed by atoms with E-state index >= 15 is 0 Å². The van der Waals surface area contributed by atoms with Crippen molar-refractivity contribution in [3.05, 3.63) is 102 Å². The summed E-state index contributed by atoms with van der Waals surface area (Å²) < 4.78 is 4.97. The summed E-state index contributed by atoms with van der Waals surface area (Å²) in [6, 6.07) is 24.3. The molecule has 7 heteroatoms. The summed E-state index contributed by atoms with van der Waals surface area (Å²) in [5.41, 5.74) is 4.54. The number of benzene rings is 3. The second kappa shape index (κ2) is 11.2. The van der Waals surface area contributed by atoms with Crippen molar-refractivity contribution in [3.8, 4) is 5.75 Å². The number of amides is 2. The fraction of sp³-hybridized carbons (Fsp3) is 0.120. The van der Waals surface area contributed by atoms with Crippen LogP contribution in [0, 0.1) is 0 Å². The summed E-state index contributed by atoms with van der Waals surface area (Å²) in [5, 5.41) is 6.89. The van der Waals surface area contributed by atoms with Crippen molar-refractivity contribution in [1.82, 2.24) is 10.7 Å². The third-order valence-electron chi connectivity index (χ3n) is 4.48. The molecule has 7 nitrogen and oxygen atoms in total. The maximum absolute atomic E-state index is 12.6. The van der Waals surface area contributed by atoms with E-state index in [0.717, 1.165) is 11.1 Å². The average Bonchev–Trinajstić information content (AvgIpc) is 2.80. The van der Waals surface area contributed by atoms with Gasteiger partial charge in [-0.3, -0.25) is 14.4 Å². The molecule has 2 N–H and O–H groups in total. The van der Waals surface area contributed by atoms with Crippen LogP contribution in [0.1, 0.15) is 40.9 Å². The SMILES string of the molecule is CC(=O)Oc1ccc(/C=N\NC(=O)C[C@@H](NC(=O)c2ccccc2)c2ccccc2)cc1. The summed E-state index contributed by atoms with van der Waals surface area (Å²) in [5.74, 6) is -0.576. The minimum Gasteiger partial charge on any atom is -0.427 e. The summed E-state index contributed by atoms with van der Waals surface area (Å²) in [7, 11) is 0. The van der Waals surface area contributed by atoms with Crippen molar-refractivity contribution in [2.24, 2.45) is 5.10 Å². The second-order valence-corrected chi connectivity index (χ2v) is 6.96. The van der Waals surface area contributed by atoms with Gasteiger partial charge < -0.3 is 10.1 Å². The number of nitrogens with one attached hydrogen (secondary N) is 2. The van der Waals surface area contributed by atoms with Crippen molar-refractivity contribution in [3.63, 3.8) is 0 Å². The van der Waals surface area contributed by atoms with Crippen LogP contribution < -0.4 is 15.5 Å². The Morgan fingerprint density at radius 2 is 1.53 bits per heavy atom. The lowest BCUT2D eigenvalue weighted by molar-refractivity contribution is -0.131. The summed E-state index contributed by atoms with van der Waals surface area (Å²) in [6.45, 7) is 1.33. The Balaban J connectivity index is 1.61. The first-order valence-electron chi connectivity index (χ1n) is 10.0. The molecule has 2 amide bonds. The molecule has 1 atom stereocenters. The van der Waals surface area contributed by atoms with Crippen molar-refractivity contribution in [1.29, 1.82) is 0 Å². The van der Waals surface area contributed by atoms with E-state index < -0.39 is 12.0 Å². The minimum absolute atomic E-state index is 0.0192. The smallest absolute Gasteiger partial charge is 0.308 e. The van der Waals surface area contributed by atoms with E-state index in [2.05, 4.69) is 15.8 Å². The van der Waals surface area contributed by atoms with Crippen molar-refractivity contribution >= 4 is 24.0 Å². The molecule has 0 fully saturated rings. The van der Waals surface area contributed by atoms with E-state index in [1.807, 2.05) is 36.4 Å². The van der Waals surface area contributed by atoms with E-state index in [0.29, 0.717) is 11.3 Å². The van der Waals surface area contributed by atoms with E-state index in [9.17, 15) is 14.4 Å². The molecule has 0 aliphatic carbocycles. The molecule has 0 unspecified atom stereocenters. The summed E-state index contributed by atoms with van der Waals surface area (Å²) in [4.78, 5) is 36.0. The van der Waals surface area contributed by atoms with Crippen LogP contribution in [-0.4, -0.2) is 24.0 Å². The highest BCUT2D eigenvalue weighted by Crippen LogP contribution is 2.17. The quantitative estimate of drug-likeness (QED) is 0.247. The predicted octanol–water partition coefficient (Wildman–Crippen LogP) is 3.62. The second-order valence-electron chi connectivity index (χ2n) is 6.96. The topological polar surface area (TPSA) is 96.9 Å². The van der Waals surface area contributed by atoms with Crippen molar-refractivity contribution < 1.29 is 19.1 Å². The number of hydrogen-bond acceptors (Lipinski definition) is 5. The summed E-state index contributed by atoms with van der Waals surface area (Å²) >= 11 is 0. The Bertz CT molecular complexity index is 1080. The zero-order valence-corrected chi connectivity index (χ0v) is 17.5. The summed E-state index contributed by atoms with van der Waals surface area (Å²) in [6.07, 6.45) is 1.50. The lowest BCUT2D eigenvalue weighted by Gasteiger charge is -2.18.